The molecule has 2 heterocycles. The highest BCUT2D eigenvalue weighted by Gasteiger charge is 2.51. The van der Waals surface area contributed by atoms with Gasteiger partial charge in [-0.2, -0.15) is 4.57 Å². The minimum atomic E-state index is -1.62. The van der Waals surface area contributed by atoms with E-state index in [1.165, 1.54) is 0 Å². The van der Waals surface area contributed by atoms with E-state index in [0.29, 0.717) is 16.7 Å². The summed E-state index contributed by atoms with van der Waals surface area (Å²) in [6, 6.07) is 26.9. The fourth-order valence-electron chi connectivity index (χ4n) is 4.71. The Labute approximate surface area is 267 Å². The van der Waals surface area contributed by atoms with Crippen LogP contribution in [0.4, 0.5) is 14.4 Å². The summed E-state index contributed by atoms with van der Waals surface area (Å²) in [7, 11) is 0. The fraction of sp³-hybridized carbons (Fsp3) is 0.242. The molecule has 3 aromatic carbocycles. The molecule has 0 unspecified atom stereocenters. The summed E-state index contributed by atoms with van der Waals surface area (Å²) in [6.07, 6.45) is -8.76. The first kappa shape index (κ1) is 32.7. The van der Waals surface area contributed by atoms with E-state index in [-0.39, 0.29) is 24.4 Å². The van der Waals surface area contributed by atoms with E-state index in [1.807, 2.05) is 0 Å². The van der Waals surface area contributed by atoms with Crippen molar-refractivity contribution >= 4 is 18.4 Å². The van der Waals surface area contributed by atoms with E-state index < -0.39 is 60.8 Å². The van der Waals surface area contributed by atoms with Gasteiger partial charge in [-0.1, -0.05) is 91.0 Å². The SMILES string of the molecule is O=C(OCc1ccccc1)O[C@@H]1[C@H](OC(=O)OCc2ccccc2)[C@@H](CO)O[C@H]1n1ccc(=O)n(C(=O)OCc2ccccc2)c1=O. The van der Waals surface area contributed by atoms with Crippen molar-refractivity contribution in [3.63, 3.8) is 0 Å². The Morgan fingerprint density at radius 2 is 1.13 bits per heavy atom. The third kappa shape index (κ3) is 8.31. The summed E-state index contributed by atoms with van der Waals surface area (Å²) < 4.78 is 33.4. The lowest BCUT2D eigenvalue weighted by Gasteiger charge is -2.24. The van der Waals surface area contributed by atoms with E-state index >= 15 is 0 Å². The zero-order chi connectivity index (χ0) is 33.2. The van der Waals surface area contributed by atoms with Gasteiger partial charge in [0.05, 0.1) is 6.61 Å². The van der Waals surface area contributed by atoms with Gasteiger partial charge >= 0.3 is 24.1 Å². The van der Waals surface area contributed by atoms with Gasteiger partial charge in [0.15, 0.2) is 18.4 Å². The van der Waals surface area contributed by atoms with E-state index in [4.69, 9.17) is 28.4 Å². The van der Waals surface area contributed by atoms with Crippen molar-refractivity contribution in [1.82, 2.24) is 9.13 Å². The van der Waals surface area contributed by atoms with Crippen molar-refractivity contribution in [2.75, 3.05) is 6.61 Å². The van der Waals surface area contributed by atoms with Crippen molar-refractivity contribution in [3.8, 4) is 0 Å². The fourth-order valence-corrected chi connectivity index (χ4v) is 4.71. The maximum atomic E-state index is 13.5. The number of rotatable bonds is 10. The number of ether oxygens (including phenoxy) is 6. The number of hydrogen-bond acceptors (Lipinski definition) is 12. The Morgan fingerprint density at radius 3 is 1.62 bits per heavy atom. The van der Waals surface area contributed by atoms with Crippen molar-refractivity contribution in [2.45, 2.75) is 44.4 Å². The van der Waals surface area contributed by atoms with Gasteiger partial charge in [-0.3, -0.25) is 9.36 Å². The molecular weight excluding hydrogens is 616 g/mol. The number of carbonyl (C=O) groups is 3. The van der Waals surface area contributed by atoms with Crippen LogP contribution in [-0.4, -0.2) is 57.6 Å². The van der Waals surface area contributed by atoms with E-state index in [0.717, 1.165) is 16.8 Å². The van der Waals surface area contributed by atoms with Crippen LogP contribution in [0, 0.1) is 0 Å². The molecule has 4 atom stereocenters. The number of carbonyl (C=O) groups excluding carboxylic acids is 3. The first-order valence-electron chi connectivity index (χ1n) is 14.4. The number of benzene rings is 3. The summed E-state index contributed by atoms with van der Waals surface area (Å²) in [6.45, 7) is -1.31. The summed E-state index contributed by atoms with van der Waals surface area (Å²) in [5, 5.41) is 10.1. The zero-order valence-corrected chi connectivity index (χ0v) is 24.8. The van der Waals surface area contributed by atoms with Gasteiger partial charge in [0.2, 0.25) is 0 Å². The molecule has 1 aromatic heterocycles. The topological polar surface area (TPSA) is 171 Å². The van der Waals surface area contributed by atoms with Crippen molar-refractivity contribution < 1.29 is 47.9 Å². The average molecular weight is 647 g/mol. The maximum absolute atomic E-state index is 13.5. The van der Waals surface area contributed by atoms with Crippen LogP contribution in [0.15, 0.2) is 113 Å². The molecule has 0 radical (unpaired) electrons. The molecule has 14 heteroatoms. The normalized spacial score (nSPS) is 18.6. The average Bonchev–Trinajstić information content (AvgIpc) is 3.42. The smallest absolute Gasteiger partial charge is 0.444 e. The number of aliphatic hydroxyl groups is 1. The van der Waals surface area contributed by atoms with Crippen LogP contribution >= 0.6 is 0 Å². The molecule has 0 bridgehead atoms. The predicted octanol–water partition coefficient (Wildman–Crippen LogP) is 3.53. The first-order chi connectivity index (χ1) is 22.8. The second kappa shape index (κ2) is 15.5. The minimum absolute atomic E-state index is 0.152. The zero-order valence-electron chi connectivity index (χ0n) is 24.8. The van der Waals surface area contributed by atoms with Crippen LogP contribution in [0.5, 0.6) is 0 Å². The van der Waals surface area contributed by atoms with Crippen molar-refractivity contribution in [2.24, 2.45) is 0 Å². The van der Waals surface area contributed by atoms with Crippen LogP contribution in [0.3, 0.4) is 0 Å². The highest BCUT2D eigenvalue weighted by Crippen LogP contribution is 2.33. The Bertz CT molecular complexity index is 1780. The molecule has 5 rings (SSSR count). The molecule has 1 N–H and O–H groups in total. The summed E-state index contributed by atoms with van der Waals surface area (Å²) >= 11 is 0. The summed E-state index contributed by atoms with van der Waals surface area (Å²) in [5.74, 6) is 0. The van der Waals surface area contributed by atoms with Crippen molar-refractivity contribution in [1.29, 1.82) is 0 Å². The Balaban J connectivity index is 1.39. The summed E-state index contributed by atoms with van der Waals surface area (Å²) in [5.41, 5.74) is -0.300. The molecule has 1 fully saturated rings. The largest absolute Gasteiger partial charge is 0.509 e. The second-order valence-electron chi connectivity index (χ2n) is 10.2. The van der Waals surface area contributed by atoms with Gasteiger partial charge in [-0.15, -0.1) is 0 Å². The molecule has 14 nitrogen and oxygen atoms in total. The number of aliphatic hydroxyl groups excluding tert-OH is 1. The third-order valence-electron chi connectivity index (χ3n) is 7.00. The maximum Gasteiger partial charge on any atom is 0.509 e. The molecule has 1 aliphatic rings. The first-order valence-corrected chi connectivity index (χ1v) is 14.4. The van der Waals surface area contributed by atoms with Gasteiger partial charge < -0.3 is 33.5 Å². The number of aromatic nitrogens is 2. The Hall–Kier alpha value is -5.73. The molecular formula is C33H30N2O12. The van der Waals surface area contributed by atoms with Gasteiger partial charge in [-0.05, 0) is 16.7 Å². The molecule has 47 heavy (non-hydrogen) atoms. The lowest BCUT2D eigenvalue weighted by atomic mass is 10.1. The Kier molecular flexibility index (Phi) is 10.8. The monoisotopic (exact) mass is 646 g/mol. The third-order valence-corrected chi connectivity index (χ3v) is 7.00. The summed E-state index contributed by atoms with van der Waals surface area (Å²) in [4.78, 5) is 64.7. The highest BCUT2D eigenvalue weighted by atomic mass is 16.8. The van der Waals surface area contributed by atoms with Crippen LogP contribution < -0.4 is 11.2 Å². The molecule has 0 saturated carbocycles. The van der Waals surface area contributed by atoms with Gasteiger partial charge in [-0.25, -0.2) is 19.2 Å². The van der Waals surface area contributed by atoms with Crippen molar-refractivity contribution in [3.05, 3.63) is 141 Å². The molecule has 4 aromatic rings. The molecule has 0 amide bonds. The second-order valence-corrected chi connectivity index (χ2v) is 10.2. The van der Waals surface area contributed by atoms with Gasteiger partial charge in [0.25, 0.3) is 5.56 Å². The quantitative estimate of drug-likeness (QED) is 0.197. The lowest BCUT2D eigenvalue weighted by Crippen LogP contribution is -2.47. The van der Waals surface area contributed by atoms with Crippen LogP contribution in [-0.2, 0) is 48.2 Å². The standard InChI is InChI=1S/C33H30N2O12/c36-18-25-27(46-32(40)43-20-23-12-6-2-7-13-23)28(47-33(41)44-21-24-14-8-3-9-15-24)29(45-25)34-17-16-26(37)35(30(34)38)31(39)42-19-22-10-4-1-5-11-22/h1-17,25,27-29,36H,18-21H2/t25-,27-,28-,29-/m1/s1. The minimum Gasteiger partial charge on any atom is -0.444 e. The van der Waals surface area contributed by atoms with Crippen LogP contribution in [0.1, 0.15) is 22.9 Å². The molecule has 244 valence electrons. The Morgan fingerprint density at radius 1 is 0.660 bits per heavy atom. The van der Waals surface area contributed by atoms with Gasteiger partial charge in [0.1, 0.15) is 25.9 Å². The van der Waals surface area contributed by atoms with E-state index in [1.54, 1.807) is 91.0 Å². The van der Waals surface area contributed by atoms with Crippen LogP contribution in [0.2, 0.25) is 0 Å². The molecule has 1 aliphatic heterocycles. The molecule has 0 aliphatic carbocycles. The van der Waals surface area contributed by atoms with E-state index in [2.05, 4.69) is 0 Å². The number of hydrogen-bond donors (Lipinski definition) is 1. The molecule has 0 spiro atoms. The predicted molar refractivity (Wildman–Crippen MR) is 161 cm³/mol. The van der Waals surface area contributed by atoms with Gasteiger partial charge in [0, 0.05) is 12.3 Å². The van der Waals surface area contributed by atoms with E-state index in [9.17, 15) is 29.1 Å². The number of nitrogens with zero attached hydrogens (tertiary/aromatic N) is 2. The lowest BCUT2D eigenvalue weighted by molar-refractivity contribution is -0.0689. The highest BCUT2D eigenvalue weighted by molar-refractivity contribution is 5.70. The van der Waals surface area contributed by atoms with Crippen LogP contribution in [0.25, 0.3) is 0 Å². The molecule has 1 saturated heterocycles.